The summed E-state index contributed by atoms with van der Waals surface area (Å²) in [4.78, 5) is 27.8. The van der Waals surface area contributed by atoms with Crippen molar-refractivity contribution in [3.8, 4) is 0 Å². The third-order valence-corrected chi connectivity index (χ3v) is 4.28. The number of fused-ring (bicyclic) bond motifs is 1. The normalized spacial score (nSPS) is 22.8. The lowest BCUT2D eigenvalue weighted by molar-refractivity contribution is -0.140. The summed E-state index contributed by atoms with van der Waals surface area (Å²) in [6.45, 7) is 3.61. The summed E-state index contributed by atoms with van der Waals surface area (Å²) in [6, 6.07) is 9.17. The number of pyridine rings is 1. The molecule has 0 spiro atoms. The number of carbonyl (C=O) groups is 2. The molecule has 108 valence electrons. The Labute approximate surface area is 122 Å². The van der Waals surface area contributed by atoms with E-state index in [1.165, 1.54) is 0 Å². The van der Waals surface area contributed by atoms with Gasteiger partial charge in [-0.05, 0) is 29.7 Å². The van der Waals surface area contributed by atoms with Gasteiger partial charge in [-0.2, -0.15) is 0 Å². The third kappa shape index (κ3) is 2.14. The van der Waals surface area contributed by atoms with E-state index in [1.807, 2.05) is 18.2 Å². The first kappa shape index (κ1) is 13.5. The second-order valence-electron chi connectivity index (χ2n) is 5.98. The monoisotopic (exact) mass is 284 g/mol. The molecule has 3 rings (SSSR count). The van der Waals surface area contributed by atoms with Crippen LogP contribution in [-0.4, -0.2) is 22.0 Å². The van der Waals surface area contributed by atoms with E-state index in [4.69, 9.17) is 5.11 Å². The van der Waals surface area contributed by atoms with E-state index in [9.17, 15) is 9.59 Å². The maximum absolute atomic E-state index is 12.4. The van der Waals surface area contributed by atoms with E-state index in [2.05, 4.69) is 10.3 Å². The first-order chi connectivity index (χ1) is 9.93. The summed E-state index contributed by atoms with van der Waals surface area (Å²) in [5, 5.41) is 12.8. The molecular weight excluding hydrogens is 268 g/mol. The van der Waals surface area contributed by atoms with Gasteiger partial charge in [-0.3, -0.25) is 14.6 Å². The van der Waals surface area contributed by atoms with Crippen molar-refractivity contribution < 1.29 is 14.7 Å². The maximum Gasteiger partial charge on any atom is 0.307 e. The van der Waals surface area contributed by atoms with E-state index in [0.717, 1.165) is 10.9 Å². The molecule has 0 bridgehead atoms. The van der Waals surface area contributed by atoms with Crippen molar-refractivity contribution in [2.75, 3.05) is 5.32 Å². The number of benzene rings is 1. The number of amides is 1. The van der Waals surface area contributed by atoms with Gasteiger partial charge in [0.1, 0.15) is 0 Å². The van der Waals surface area contributed by atoms with E-state index >= 15 is 0 Å². The van der Waals surface area contributed by atoms with E-state index in [-0.39, 0.29) is 5.91 Å². The fourth-order valence-corrected chi connectivity index (χ4v) is 3.01. The second-order valence-corrected chi connectivity index (χ2v) is 5.98. The predicted octanol–water partition coefficient (Wildman–Crippen LogP) is 2.53. The number of anilines is 1. The minimum Gasteiger partial charge on any atom is -0.481 e. The fraction of sp³-hybridized carbons (Fsp3) is 0.312. The number of aliphatic carboxylic acids is 1. The summed E-state index contributed by atoms with van der Waals surface area (Å²) in [7, 11) is 0. The van der Waals surface area contributed by atoms with Crippen molar-refractivity contribution in [2.45, 2.75) is 13.8 Å². The van der Waals surface area contributed by atoms with E-state index in [1.54, 1.807) is 32.2 Å². The van der Waals surface area contributed by atoms with Crippen LogP contribution in [0.15, 0.2) is 36.5 Å². The molecule has 1 aliphatic rings. The van der Waals surface area contributed by atoms with Crippen LogP contribution < -0.4 is 5.32 Å². The first-order valence-electron chi connectivity index (χ1n) is 6.80. The smallest absolute Gasteiger partial charge is 0.307 e. The highest BCUT2D eigenvalue weighted by molar-refractivity contribution is 6.05. The number of carbonyl (C=O) groups excluding carboxylic acids is 1. The lowest BCUT2D eigenvalue weighted by Crippen LogP contribution is -2.18. The van der Waals surface area contributed by atoms with Gasteiger partial charge in [0.25, 0.3) is 0 Å². The zero-order valence-electron chi connectivity index (χ0n) is 11.8. The molecular formula is C16H16N2O3. The maximum atomic E-state index is 12.4. The number of rotatable bonds is 3. The number of carboxylic acids is 1. The summed E-state index contributed by atoms with van der Waals surface area (Å²) in [6.07, 6.45) is 1.69. The zero-order chi connectivity index (χ0) is 15.2. The van der Waals surface area contributed by atoms with Gasteiger partial charge >= 0.3 is 5.97 Å². The van der Waals surface area contributed by atoms with Crippen molar-refractivity contribution in [3.63, 3.8) is 0 Å². The van der Waals surface area contributed by atoms with Gasteiger partial charge in [0, 0.05) is 11.6 Å². The average molecular weight is 284 g/mol. The molecule has 2 N–H and O–H groups in total. The molecule has 2 aromatic rings. The molecule has 0 unspecified atom stereocenters. The quantitative estimate of drug-likeness (QED) is 0.907. The Hall–Kier alpha value is -2.43. The predicted molar refractivity (Wildman–Crippen MR) is 78.8 cm³/mol. The minimum atomic E-state index is -0.917. The van der Waals surface area contributed by atoms with Crippen LogP contribution in [-0.2, 0) is 9.59 Å². The van der Waals surface area contributed by atoms with Gasteiger partial charge in [-0.1, -0.05) is 19.9 Å². The molecule has 1 aliphatic carbocycles. The molecule has 1 aromatic carbocycles. The molecule has 0 saturated heterocycles. The van der Waals surface area contributed by atoms with Crippen LogP contribution in [0.5, 0.6) is 0 Å². The topological polar surface area (TPSA) is 79.3 Å². The Kier molecular flexibility index (Phi) is 2.93. The standard InChI is InChI=1S/C16H16N2O3/c1-16(2)12(13(16)15(20)21)14(19)18-11-7-3-6-10-9(11)5-4-8-17-10/h3-8,12-13H,1-2H3,(H,18,19)(H,20,21)/t12-,13-/m0/s1. The highest BCUT2D eigenvalue weighted by Gasteiger charge is 2.65. The molecule has 0 radical (unpaired) electrons. The van der Waals surface area contributed by atoms with Gasteiger partial charge in [-0.25, -0.2) is 0 Å². The van der Waals surface area contributed by atoms with Gasteiger partial charge in [0.15, 0.2) is 0 Å². The van der Waals surface area contributed by atoms with Crippen LogP contribution in [0.25, 0.3) is 10.9 Å². The van der Waals surface area contributed by atoms with E-state index in [0.29, 0.717) is 5.69 Å². The Morgan fingerprint density at radius 2 is 1.95 bits per heavy atom. The number of hydrogen-bond donors (Lipinski definition) is 2. The van der Waals surface area contributed by atoms with Crippen LogP contribution in [0.4, 0.5) is 5.69 Å². The molecule has 1 heterocycles. The number of nitrogens with one attached hydrogen (secondary N) is 1. The van der Waals surface area contributed by atoms with Crippen molar-refractivity contribution >= 4 is 28.5 Å². The first-order valence-corrected chi connectivity index (χ1v) is 6.80. The van der Waals surface area contributed by atoms with Crippen LogP contribution in [0.2, 0.25) is 0 Å². The van der Waals surface area contributed by atoms with Gasteiger partial charge in [0.05, 0.1) is 23.0 Å². The average Bonchev–Trinajstić information content (AvgIpc) is 3.02. The molecule has 1 fully saturated rings. The summed E-state index contributed by atoms with van der Waals surface area (Å²) >= 11 is 0. The van der Waals surface area contributed by atoms with Gasteiger partial charge in [-0.15, -0.1) is 0 Å². The Morgan fingerprint density at radius 1 is 1.19 bits per heavy atom. The number of carboxylic acid groups (broad SMARTS) is 1. The molecule has 21 heavy (non-hydrogen) atoms. The van der Waals surface area contributed by atoms with Crippen LogP contribution in [0, 0.1) is 17.3 Å². The van der Waals surface area contributed by atoms with Gasteiger partial charge in [0.2, 0.25) is 5.91 Å². The van der Waals surface area contributed by atoms with Crippen LogP contribution in [0.3, 0.4) is 0 Å². The van der Waals surface area contributed by atoms with Gasteiger partial charge < -0.3 is 10.4 Å². The summed E-state index contributed by atoms with van der Waals surface area (Å²) < 4.78 is 0. The van der Waals surface area contributed by atoms with Crippen LogP contribution in [0.1, 0.15) is 13.8 Å². The molecule has 5 heteroatoms. The fourth-order valence-electron chi connectivity index (χ4n) is 3.01. The number of nitrogens with zero attached hydrogens (tertiary/aromatic N) is 1. The summed E-state index contributed by atoms with van der Waals surface area (Å²) in [5.41, 5.74) is 0.955. The Balaban J connectivity index is 1.87. The van der Waals surface area contributed by atoms with E-state index < -0.39 is 23.2 Å². The highest BCUT2D eigenvalue weighted by atomic mass is 16.4. The van der Waals surface area contributed by atoms with Crippen molar-refractivity contribution in [1.29, 1.82) is 0 Å². The molecule has 1 amide bonds. The lowest BCUT2D eigenvalue weighted by Gasteiger charge is -2.08. The Morgan fingerprint density at radius 3 is 2.62 bits per heavy atom. The SMILES string of the molecule is CC1(C)[C@H](C(=O)O)[C@H]1C(=O)Nc1cccc2ncccc12. The van der Waals surface area contributed by atoms with Crippen molar-refractivity contribution in [2.24, 2.45) is 17.3 Å². The third-order valence-electron chi connectivity index (χ3n) is 4.28. The second kappa shape index (κ2) is 4.55. The molecule has 5 nitrogen and oxygen atoms in total. The lowest BCUT2D eigenvalue weighted by atomic mass is 10.1. The number of aromatic nitrogens is 1. The molecule has 1 aromatic heterocycles. The van der Waals surface area contributed by atoms with Crippen LogP contribution >= 0.6 is 0 Å². The molecule has 1 saturated carbocycles. The number of hydrogen-bond acceptors (Lipinski definition) is 3. The zero-order valence-corrected chi connectivity index (χ0v) is 11.8. The van der Waals surface area contributed by atoms with Crippen molar-refractivity contribution in [3.05, 3.63) is 36.5 Å². The van der Waals surface area contributed by atoms with Crippen molar-refractivity contribution in [1.82, 2.24) is 4.98 Å². The summed E-state index contributed by atoms with van der Waals surface area (Å²) in [5.74, 6) is -2.28. The molecule has 2 atom stereocenters. The minimum absolute atomic E-state index is 0.247. The largest absolute Gasteiger partial charge is 0.481 e. The highest BCUT2D eigenvalue weighted by Crippen LogP contribution is 2.58. The Bertz CT molecular complexity index is 734. The molecule has 0 aliphatic heterocycles.